The van der Waals surface area contributed by atoms with Gasteiger partial charge in [0.1, 0.15) is 16.7 Å². The molecule has 8 heteroatoms. The van der Waals surface area contributed by atoms with Crippen LogP contribution >= 0.6 is 0 Å². The van der Waals surface area contributed by atoms with Crippen molar-refractivity contribution < 1.29 is 23.1 Å². The number of amides is 1. The molecule has 3 atom stereocenters. The number of nitrogens with zero attached hydrogens (tertiary/aromatic N) is 2. The van der Waals surface area contributed by atoms with Crippen LogP contribution in [0.2, 0.25) is 0 Å². The molecule has 1 aliphatic rings. The Hall–Kier alpha value is -2.68. The van der Waals surface area contributed by atoms with Gasteiger partial charge in [-0.25, -0.2) is 8.42 Å². The first-order valence-electron chi connectivity index (χ1n) is 11.1. The number of hydrogen-bond acceptors (Lipinski definition) is 5. The minimum absolute atomic E-state index is 0.0602. The summed E-state index contributed by atoms with van der Waals surface area (Å²) in [6.07, 6.45) is 3.28. The summed E-state index contributed by atoms with van der Waals surface area (Å²) in [6, 6.07) is 13.4. The second-order valence-electron chi connectivity index (χ2n) is 8.50. The van der Waals surface area contributed by atoms with Crippen molar-refractivity contribution in [2.75, 3.05) is 26.7 Å². The second-order valence-corrected chi connectivity index (χ2v) is 10.4. The van der Waals surface area contributed by atoms with Gasteiger partial charge in [0.2, 0.25) is 10.0 Å². The minimum atomic E-state index is -3.89. The van der Waals surface area contributed by atoms with E-state index in [0.717, 1.165) is 5.56 Å². The van der Waals surface area contributed by atoms with Gasteiger partial charge in [0, 0.05) is 31.1 Å². The van der Waals surface area contributed by atoms with Crippen molar-refractivity contribution in [1.82, 2.24) is 9.21 Å². The predicted molar refractivity (Wildman–Crippen MR) is 129 cm³/mol. The van der Waals surface area contributed by atoms with E-state index < -0.39 is 22.2 Å². The van der Waals surface area contributed by atoms with Crippen LogP contribution in [-0.4, -0.2) is 67.5 Å². The molecule has 1 aliphatic heterocycles. The second kappa shape index (κ2) is 10.5. The maximum atomic E-state index is 13.5. The number of ether oxygens (including phenoxy) is 1. The number of hydrogen-bond donors (Lipinski definition) is 1. The highest BCUT2D eigenvalue weighted by Gasteiger charge is 2.38. The number of fused-ring (bicyclic) bond motifs is 1. The molecule has 2 aromatic carbocycles. The molecule has 1 heterocycles. The zero-order valence-corrected chi connectivity index (χ0v) is 20.3. The molecule has 0 fully saturated rings. The van der Waals surface area contributed by atoms with Gasteiger partial charge in [-0.15, -0.1) is 0 Å². The molecule has 0 bridgehead atoms. The molecule has 0 aromatic heterocycles. The Morgan fingerprint density at radius 1 is 1.27 bits per heavy atom. The third-order valence-electron chi connectivity index (χ3n) is 5.87. The number of benzene rings is 2. The lowest BCUT2D eigenvalue weighted by Gasteiger charge is -2.37. The molecule has 0 spiro atoms. The zero-order chi connectivity index (χ0) is 24.2. The molecule has 3 rings (SSSR count). The summed E-state index contributed by atoms with van der Waals surface area (Å²) in [7, 11) is -2.17. The van der Waals surface area contributed by atoms with E-state index in [2.05, 4.69) is 0 Å². The molecule has 33 heavy (non-hydrogen) atoms. The van der Waals surface area contributed by atoms with Gasteiger partial charge in [0.25, 0.3) is 5.91 Å². The van der Waals surface area contributed by atoms with Gasteiger partial charge in [0.15, 0.2) is 0 Å². The number of carbonyl (C=O) groups is 1. The third kappa shape index (κ3) is 5.46. The van der Waals surface area contributed by atoms with Crippen molar-refractivity contribution in [3.63, 3.8) is 0 Å². The van der Waals surface area contributed by atoms with Crippen LogP contribution in [0.25, 0.3) is 6.08 Å². The fourth-order valence-electron chi connectivity index (χ4n) is 3.91. The van der Waals surface area contributed by atoms with Gasteiger partial charge in [-0.1, -0.05) is 43.3 Å². The molecule has 0 aliphatic carbocycles. The summed E-state index contributed by atoms with van der Waals surface area (Å²) in [4.78, 5) is 14.6. The van der Waals surface area contributed by atoms with Gasteiger partial charge in [-0.2, -0.15) is 4.31 Å². The Morgan fingerprint density at radius 2 is 1.97 bits per heavy atom. The number of likely N-dealkylation sites (N-methyl/N-ethyl adjacent to an activating group) is 1. The molecule has 2 aromatic rings. The number of aliphatic hydroxyl groups excluding tert-OH is 1. The average molecular weight is 473 g/mol. The highest BCUT2D eigenvalue weighted by molar-refractivity contribution is 7.89. The largest absolute Gasteiger partial charge is 0.487 e. The smallest absolute Gasteiger partial charge is 0.253 e. The lowest BCUT2D eigenvalue weighted by molar-refractivity contribution is 0.0563. The van der Waals surface area contributed by atoms with Gasteiger partial charge in [-0.05, 0) is 43.7 Å². The van der Waals surface area contributed by atoms with Crippen LogP contribution in [0.5, 0.6) is 5.75 Å². The van der Waals surface area contributed by atoms with Gasteiger partial charge < -0.3 is 14.7 Å². The molecular weight excluding hydrogens is 440 g/mol. The van der Waals surface area contributed by atoms with Gasteiger partial charge >= 0.3 is 0 Å². The van der Waals surface area contributed by atoms with E-state index in [1.165, 1.54) is 4.31 Å². The highest BCUT2D eigenvalue weighted by atomic mass is 32.2. The molecule has 0 unspecified atom stereocenters. The highest BCUT2D eigenvalue weighted by Crippen LogP contribution is 2.34. The van der Waals surface area contributed by atoms with Gasteiger partial charge in [0.05, 0.1) is 13.2 Å². The lowest BCUT2D eigenvalue weighted by atomic mass is 10.0. The Balaban J connectivity index is 2.01. The quantitative estimate of drug-likeness (QED) is 0.697. The topological polar surface area (TPSA) is 87.2 Å². The third-order valence-corrected chi connectivity index (χ3v) is 7.89. The van der Waals surface area contributed by atoms with Crippen LogP contribution in [0.3, 0.4) is 0 Å². The zero-order valence-electron chi connectivity index (χ0n) is 19.5. The Kier molecular flexibility index (Phi) is 7.94. The number of rotatable bonds is 6. The molecule has 178 valence electrons. The van der Waals surface area contributed by atoms with E-state index in [-0.39, 0.29) is 42.2 Å². The van der Waals surface area contributed by atoms with Crippen molar-refractivity contribution in [2.24, 2.45) is 5.92 Å². The monoisotopic (exact) mass is 472 g/mol. The SMILES string of the molecule is CC=Cc1ccc2c(c1)O[C@H](CN(C)C(=O)c1ccccc1)[C@H](C)CN([C@@H](C)CO)S2(=O)=O. The van der Waals surface area contributed by atoms with E-state index in [9.17, 15) is 18.3 Å². The van der Waals surface area contributed by atoms with E-state index in [4.69, 9.17) is 4.74 Å². The first-order chi connectivity index (χ1) is 15.7. The first kappa shape index (κ1) is 25.0. The van der Waals surface area contributed by atoms with Gasteiger partial charge in [-0.3, -0.25) is 4.79 Å². The van der Waals surface area contributed by atoms with E-state index in [1.807, 2.05) is 44.2 Å². The number of allylic oxidation sites excluding steroid dienone is 1. The summed E-state index contributed by atoms with van der Waals surface area (Å²) in [6.45, 7) is 5.62. The van der Waals surface area contributed by atoms with Crippen LogP contribution in [0.1, 0.15) is 36.7 Å². The predicted octanol–water partition coefficient (Wildman–Crippen LogP) is 3.26. The first-order valence-corrected chi connectivity index (χ1v) is 12.5. The number of sulfonamides is 1. The molecule has 0 radical (unpaired) electrons. The Labute approximate surface area is 196 Å². The minimum Gasteiger partial charge on any atom is -0.487 e. The van der Waals surface area contributed by atoms with Crippen molar-refractivity contribution in [3.05, 3.63) is 65.7 Å². The molecule has 0 saturated carbocycles. The van der Waals surface area contributed by atoms with Crippen LogP contribution < -0.4 is 4.74 Å². The fourth-order valence-corrected chi connectivity index (χ4v) is 5.74. The van der Waals surface area contributed by atoms with Crippen LogP contribution in [0.4, 0.5) is 0 Å². The fraction of sp³-hybridized carbons (Fsp3) is 0.400. The summed E-state index contributed by atoms with van der Waals surface area (Å²) in [5, 5.41) is 9.74. The standard InChI is InChI=1S/C25H32N2O5S/c1-5-9-20-12-13-24-22(14-20)32-23(16-26(4)25(29)21-10-7-6-8-11-21)18(2)15-27(19(3)17-28)33(24,30)31/h5-14,18-19,23,28H,15-17H2,1-4H3/t18-,19+,23-/m1/s1. The average Bonchev–Trinajstić information content (AvgIpc) is 2.81. The van der Waals surface area contributed by atoms with Crippen molar-refractivity contribution in [3.8, 4) is 5.75 Å². The molecule has 0 saturated heterocycles. The lowest BCUT2D eigenvalue weighted by Crippen LogP contribution is -2.50. The molecule has 1 N–H and O–H groups in total. The van der Waals surface area contributed by atoms with E-state index in [0.29, 0.717) is 5.56 Å². The van der Waals surface area contributed by atoms with Crippen LogP contribution in [0.15, 0.2) is 59.5 Å². The maximum Gasteiger partial charge on any atom is 0.253 e. The summed E-state index contributed by atoms with van der Waals surface area (Å²) in [5.74, 6) is -0.124. The van der Waals surface area contributed by atoms with Crippen molar-refractivity contribution >= 4 is 22.0 Å². The molecular formula is C25H32N2O5S. The molecule has 7 nitrogen and oxygen atoms in total. The Bertz CT molecular complexity index is 1100. The van der Waals surface area contributed by atoms with E-state index in [1.54, 1.807) is 49.2 Å². The van der Waals surface area contributed by atoms with Crippen molar-refractivity contribution in [1.29, 1.82) is 0 Å². The summed E-state index contributed by atoms with van der Waals surface area (Å²) in [5.41, 5.74) is 1.39. The number of aliphatic hydroxyl groups is 1. The van der Waals surface area contributed by atoms with Crippen LogP contribution in [-0.2, 0) is 10.0 Å². The Morgan fingerprint density at radius 3 is 2.61 bits per heavy atom. The van der Waals surface area contributed by atoms with Crippen molar-refractivity contribution in [2.45, 2.75) is 37.8 Å². The summed E-state index contributed by atoms with van der Waals surface area (Å²) < 4.78 is 34.6. The normalized spacial score (nSPS) is 21.5. The van der Waals surface area contributed by atoms with Crippen LogP contribution in [0, 0.1) is 5.92 Å². The molecule has 1 amide bonds. The summed E-state index contributed by atoms with van der Waals surface area (Å²) >= 11 is 0. The van der Waals surface area contributed by atoms with E-state index >= 15 is 0 Å². The maximum absolute atomic E-state index is 13.5. The number of carbonyl (C=O) groups excluding carboxylic acids is 1.